The quantitative estimate of drug-likeness (QED) is 0.690. The molecule has 0 aromatic carbocycles. The minimum atomic E-state index is -3.40. The smallest absolute Gasteiger partial charge is 0.264 e. The molecule has 1 aromatic heterocycles. The Hall–Kier alpha value is -1.14. The standard InChI is InChI=1S/C14H23NO4S/c1-5-12(6-2)7-8-14-15-13(11(3)19-14)9-10-18-20(4,16)17/h7-8,12H,5-6,9-10H2,1-4H3/b8-7+. The number of rotatable bonds is 8. The minimum Gasteiger partial charge on any atom is -0.442 e. The van der Waals surface area contributed by atoms with E-state index in [1.165, 1.54) is 0 Å². The van der Waals surface area contributed by atoms with Crippen molar-refractivity contribution in [2.45, 2.75) is 40.0 Å². The van der Waals surface area contributed by atoms with Gasteiger partial charge in [-0.05, 0) is 31.8 Å². The largest absolute Gasteiger partial charge is 0.442 e. The molecular weight excluding hydrogens is 278 g/mol. The first-order valence-electron chi connectivity index (χ1n) is 6.84. The van der Waals surface area contributed by atoms with Crippen LogP contribution in [-0.2, 0) is 20.7 Å². The van der Waals surface area contributed by atoms with Crippen molar-refractivity contribution in [1.82, 2.24) is 4.98 Å². The average molecular weight is 301 g/mol. The Balaban J connectivity index is 2.63. The zero-order valence-corrected chi connectivity index (χ0v) is 13.4. The van der Waals surface area contributed by atoms with Crippen LogP contribution in [-0.4, -0.2) is 26.3 Å². The molecule has 0 N–H and O–H groups in total. The number of aromatic nitrogens is 1. The summed E-state index contributed by atoms with van der Waals surface area (Å²) in [7, 11) is -3.40. The van der Waals surface area contributed by atoms with Gasteiger partial charge in [-0.25, -0.2) is 4.98 Å². The van der Waals surface area contributed by atoms with Crippen molar-refractivity contribution in [3.05, 3.63) is 23.4 Å². The molecule has 0 aliphatic carbocycles. The van der Waals surface area contributed by atoms with Crippen LogP contribution in [0.15, 0.2) is 10.5 Å². The lowest BCUT2D eigenvalue weighted by atomic mass is 10.0. The van der Waals surface area contributed by atoms with E-state index < -0.39 is 10.1 Å². The summed E-state index contributed by atoms with van der Waals surface area (Å²) in [5.74, 6) is 1.79. The number of hydrogen-bond donors (Lipinski definition) is 0. The Morgan fingerprint density at radius 1 is 1.35 bits per heavy atom. The van der Waals surface area contributed by atoms with Crippen molar-refractivity contribution in [1.29, 1.82) is 0 Å². The molecule has 0 radical (unpaired) electrons. The molecule has 0 bridgehead atoms. The Labute approximate surface area is 121 Å². The molecule has 0 aliphatic heterocycles. The molecule has 0 atom stereocenters. The molecule has 1 aromatic rings. The van der Waals surface area contributed by atoms with E-state index in [-0.39, 0.29) is 6.61 Å². The second-order valence-electron chi connectivity index (χ2n) is 4.77. The van der Waals surface area contributed by atoms with E-state index in [1.807, 2.05) is 13.0 Å². The maximum Gasteiger partial charge on any atom is 0.264 e. The highest BCUT2D eigenvalue weighted by molar-refractivity contribution is 7.85. The third-order valence-electron chi connectivity index (χ3n) is 3.11. The summed E-state index contributed by atoms with van der Waals surface area (Å²) in [4.78, 5) is 4.34. The third-order valence-corrected chi connectivity index (χ3v) is 3.70. The maximum absolute atomic E-state index is 10.9. The molecule has 0 saturated heterocycles. The zero-order chi connectivity index (χ0) is 15.2. The van der Waals surface area contributed by atoms with E-state index in [9.17, 15) is 8.42 Å². The van der Waals surface area contributed by atoms with E-state index in [1.54, 1.807) is 0 Å². The normalized spacial score (nSPS) is 12.7. The van der Waals surface area contributed by atoms with E-state index in [2.05, 4.69) is 24.9 Å². The molecule has 0 spiro atoms. The van der Waals surface area contributed by atoms with E-state index >= 15 is 0 Å². The molecule has 0 amide bonds. The maximum atomic E-state index is 10.9. The summed E-state index contributed by atoms with van der Waals surface area (Å²) < 4.78 is 32.0. The summed E-state index contributed by atoms with van der Waals surface area (Å²) in [6, 6.07) is 0. The fourth-order valence-corrected chi connectivity index (χ4v) is 2.21. The van der Waals surface area contributed by atoms with Crippen LogP contribution < -0.4 is 0 Å². The third kappa shape index (κ3) is 5.88. The van der Waals surface area contributed by atoms with Crippen LogP contribution in [0.4, 0.5) is 0 Å². The number of hydrogen-bond acceptors (Lipinski definition) is 5. The summed E-state index contributed by atoms with van der Waals surface area (Å²) in [5.41, 5.74) is 0.734. The summed E-state index contributed by atoms with van der Waals surface area (Å²) in [5, 5.41) is 0. The fraction of sp³-hybridized carbons (Fsp3) is 0.643. The van der Waals surface area contributed by atoms with Gasteiger partial charge in [0.25, 0.3) is 10.1 Å². The summed E-state index contributed by atoms with van der Waals surface area (Å²) >= 11 is 0. The molecule has 1 rings (SSSR count). The first kappa shape index (κ1) is 16.9. The van der Waals surface area contributed by atoms with Gasteiger partial charge >= 0.3 is 0 Å². The highest BCUT2D eigenvalue weighted by Gasteiger charge is 2.10. The molecule has 114 valence electrons. The molecule has 0 fully saturated rings. The molecular formula is C14H23NO4S. The zero-order valence-electron chi connectivity index (χ0n) is 12.5. The van der Waals surface area contributed by atoms with Gasteiger partial charge in [-0.15, -0.1) is 0 Å². The molecule has 1 heterocycles. The van der Waals surface area contributed by atoms with Gasteiger partial charge in [0.15, 0.2) is 0 Å². The van der Waals surface area contributed by atoms with Crippen molar-refractivity contribution in [3.8, 4) is 0 Å². The van der Waals surface area contributed by atoms with Gasteiger partial charge in [0, 0.05) is 6.42 Å². The molecule has 0 unspecified atom stereocenters. The van der Waals surface area contributed by atoms with Crippen LogP contribution in [0.25, 0.3) is 6.08 Å². The van der Waals surface area contributed by atoms with Gasteiger partial charge in [-0.3, -0.25) is 4.18 Å². The van der Waals surface area contributed by atoms with Gasteiger partial charge < -0.3 is 4.42 Å². The molecule has 5 nitrogen and oxygen atoms in total. The summed E-state index contributed by atoms with van der Waals surface area (Å²) in [6.45, 7) is 6.19. The van der Waals surface area contributed by atoms with Crippen LogP contribution in [0.3, 0.4) is 0 Å². The van der Waals surface area contributed by atoms with Gasteiger partial charge in [-0.2, -0.15) is 8.42 Å². The fourth-order valence-electron chi connectivity index (χ4n) is 1.82. The van der Waals surface area contributed by atoms with Gasteiger partial charge in [0.05, 0.1) is 18.6 Å². The van der Waals surface area contributed by atoms with Crippen molar-refractivity contribution in [3.63, 3.8) is 0 Å². The van der Waals surface area contributed by atoms with E-state index in [0.717, 1.165) is 24.8 Å². The Bertz CT molecular complexity index is 542. The van der Waals surface area contributed by atoms with Crippen LogP contribution in [0.2, 0.25) is 0 Å². The van der Waals surface area contributed by atoms with Crippen LogP contribution >= 0.6 is 0 Å². The van der Waals surface area contributed by atoms with E-state index in [0.29, 0.717) is 24.0 Å². The van der Waals surface area contributed by atoms with Gasteiger partial charge in [-0.1, -0.05) is 19.9 Å². The van der Waals surface area contributed by atoms with Crippen molar-refractivity contribution < 1.29 is 17.0 Å². The van der Waals surface area contributed by atoms with Crippen molar-refractivity contribution in [2.24, 2.45) is 5.92 Å². The van der Waals surface area contributed by atoms with Crippen LogP contribution in [0.1, 0.15) is 44.0 Å². The van der Waals surface area contributed by atoms with Gasteiger partial charge in [0.1, 0.15) is 5.76 Å². The summed E-state index contributed by atoms with van der Waals surface area (Å²) in [6.07, 6.45) is 7.60. The highest BCUT2D eigenvalue weighted by atomic mass is 32.2. The Morgan fingerprint density at radius 2 is 2.00 bits per heavy atom. The molecule has 20 heavy (non-hydrogen) atoms. The topological polar surface area (TPSA) is 69.4 Å². The second kappa shape index (κ2) is 7.59. The number of allylic oxidation sites excluding steroid dienone is 1. The molecule has 0 saturated carbocycles. The lowest BCUT2D eigenvalue weighted by molar-refractivity contribution is 0.324. The first-order valence-corrected chi connectivity index (χ1v) is 8.66. The predicted molar refractivity (Wildman–Crippen MR) is 78.8 cm³/mol. The monoisotopic (exact) mass is 301 g/mol. The molecule has 0 aliphatic rings. The van der Waals surface area contributed by atoms with Crippen molar-refractivity contribution in [2.75, 3.05) is 12.9 Å². The minimum absolute atomic E-state index is 0.0852. The first-order chi connectivity index (χ1) is 9.35. The van der Waals surface area contributed by atoms with Crippen LogP contribution in [0.5, 0.6) is 0 Å². The Kier molecular flexibility index (Phi) is 6.42. The second-order valence-corrected chi connectivity index (χ2v) is 6.41. The van der Waals surface area contributed by atoms with Gasteiger partial charge in [0.2, 0.25) is 5.89 Å². The number of oxazole rings is 1. The van der Waals surface area contributed by atoms with E-state index in [4.69, 9.17) is 8.60 Å². The predicted octanol–water partition coefficient (Wildman–Crippen LogP) is 2.95. The van der Waals surface area contributed by atoms with Crippen molar-refractivity contribution >= 4 is 16.2 Å². The molecule has 6 heteroatoms. The average Bonchev–Trinajstić information content (AvgIpc) is 2.70. The lowest BCUT2D eigenvalue weighted by Crippen LogP contribution is -2.06. The number of nitrogens with zero attached hydrogens (tertiary/aromatic N) is 1. The SMILES string of the molecule is CCC(/C=C/c1nc(CCOS(C)(=O)=O)c(C)o1)CC. The van der Waals surface area contributed by atoms with Crippen LogP contribution in [0, 0.1) is 12.8 Å². The Morgan fingerprint density at radius 3 is 2.55 bits per heavy atom. The number of aryl methyl sites for hydroxylation is 1. The highest BCUT2D eigenvalue weighted by Crippen LogP contribution is 2.15. The lowest BCUT2D eigenvalue weighted by Gasteiger charge is -2.03.